The van der Waals surface area contributed by atoms with Crippen molar-refractivity contribution in [2.24, 2.45) is 4.99 Å². The van der Waals surface area contributed by atoms with E-state index in [4.69, 9.17) is 9.47 Å². The number of esters is 1. The molecular weight excluding hydrogens is 437 g/mol. The molecule has 2 heterocycles. The number of rotatable bonds is 4. The molecule has 2 aliphatic heterocycles. The molecule has 0 radical (unpaired) electrons. The lowest BCUT2D eigenvalue weighted by molar-refractivity contribution is -0.130. The molecule has 5 rings (SSSR count). The van der Waals surface area contributed by atoms with Gasteiger partial charge in [-0.25, -0.2) is 14.2 Å². The van der Waals surface area contributed by atoms with Crippen LogP contribution in [0.2, 0.25) is 0 Å². The van der Waals surface area contributed by atoms with E-state index in [1.54, 1.807) is 54.6 Å². The molecular formula is C26H24FN3O4. The average Bonchev–Trinajstić information content (AvgIpc) is 3.24. The normalized spacial score (nSPS) is 21.1. The monoisotopic (exact) mass is 461 g/mol. The lowest BCUT2D eigenvalue weighted by atomic mass is 9.94. The van der Waals surface area contributed by atoms with Crippen LogP contribution in [0.25, 0.3) is 0 Å². The van der Waals surface area contributed by atoms with Gasteiger partial charge in [-0.05, 0) is 49.6 Å². The van der Waals surface area contributed by atoms with Crippen molar-refractivity contribution in [1.82, 2.24) is 9.80 Å². The van der Waals surface area contributed by atoms with Crippen molar-refractivity contribution in [1.29, 1.82) is 0 Å². The van der Waals surface area contributed by atoms with E-state index in [1.807, 2.05) is 4.90 Å². The van der Waals surface area contributed by atoms with Crippen LogP contribution in [-0.2, 0) is 9.53 Å². The number of benzene rings is 2. The smallest absolute Gasteiger partial charge is 0.365 e. The van der Waals surface area contributed by atoms with Crippen molar-refractivity contribution in [2.45, 2.75) is 25.3 Å². The summed E-state index contributed by atoms with van der Waals surface area (Å²) < 4.78 is 24.9. The topological polar surface area (TPSA) is 71.4 Å². The third-order valence-corrected chi connectivity index (χ3v) is 6.25. The van der Waals surface area contributed by atoms with E-state index in [2.05, 4.69) is 11.1 Å². The van der Waals surface area contributed by atoms with Crippen molar-refractivity contribution in [2.75, 3.05) is 20.2 Å². The highest BCUT2D eigenvalue weighted by molar-refractivity contribution is 6.11. The van der Waals surface area contributed by atoms with Crippen LogP contribution in [0.15, 0.2) is 77.2 Å². The van der Waals surface area contributed by atoms with Crippen molar-refractivity contribution in [3.8, 4) is 5.75 Å². The summed E-state index contributed by atoms with van der Waals surface area (Å²) in [5, 5.41) is 0. The van der Waals surface area contributed by atoms with Gasteiger partial charge in [0.05, 0.1) is 18.7 Å². The first kappa shape index (κ1) is 21.9. The van der Waals surface area contributed by atoms with Gasteiger partial charge in [0, 0.05) is 30.5 Å². The summed E-state index contributed by atoms with van der Waals surface area (Å²) in [5.74, 6) is -0.513. The van der Waals surface area contributed by atoms with E-state index in [-0.39, 0.29) is 29.1 Å². The Bertz CT molecular complexity index is 1240. The summed E-state index contributed by atoms with van der Waals surface area (Å²) in [7, 11) is 1.57. The predicted molar refractivity (Wildman–Crippen MR) is 124 cm³/mol. The van der Waals surface area contributed by atoms with Gasteiger partial charge in [0.1, 0.15) is 11.6 Å². The maximum atomic E-state index is 14.3. The molecule has 3 aliphatic rings. The number of cyclic esters (lactones) is 1. The van der Waals surface area contributed by atoms with Gasteiger partial charge in [-0.15, -0.1) is 0 Å². The highest BCUT2D eigenvalue weighted by atomic mass is 19.1. The second-order valence-corrected chi connectivity index (χ2v) is 8.30. The molecule has 1 atom stereocenters. The van der Waals surface area contributed by atoms with Gasteiger partial charge in [-0.2, -0.15) is 0 Å². The molecule has 1 aliphatic carbocycles. The number of nitrogens with zero attached hydrogens (tertiary/aromatic N) is 3. The number of allylic oxidation sites excluding steroid dienone is 1. The Morgan fingerprint density at radius 1 is 1.21 bits per heavy atom. The number of carbonyl (C=O) groups excluding carboxylic acids is 2. The fraction of sp³-hybridized carbons (Fsp3) is 0.269. The number of fused-ring (bicyclic) bond motifs is 1. The van der Waals surface area contributed by atoms with Gasteiger partial charge in [0.15, 0.2) is 5.70 Å². The molecule has 0 N–H and O–H groups in total. The fourth-order valence-corrected chi connectivity index (χ4v) is 4.57. The maximum Gasteiger partial charge on any atom is 0.365 e. The summed E-state index contributed by atoms with van der Waals surface area (Å²) >= 11 is 0. The Balaban J connectivity index is 1.41. The van der Waals surface area contributed by atoms with Crippen LogP contribution in [0.1, 0.15) is 35.2 Å². The Hall–Kier alpha value is -3.94. The highest BCUT2D eigenvalue weighted by Gasteiger charge is 2.37. The zero-order chi connectivity index (χ0) is 23.7. The number of amides is 1. The molecule has 0 spiro atoms. The maximum absolute atomic E-state index is 14.3. The van der Waals surface area contributed by atoms with Gasteiger partial charge in [-0.3, -0.25) is 4.79 Å². The number of halogens is 1. The summed E-state index contributed by atoms with van der Waals surface area (Å²) in [4.78, 5) is 33.8. The van der Waals surface area contributed by atoms with Crippen LogP contribution in [0, 0.1) is 5.82 Å². The Labute approximate surface area is 196 Å². The number of methoxy groups -OCH3 is 1. The molecule has 2 aromatic carbocycles. The first-order chi connectivity index (χ1) is 16.5. The first-order valence-corrected chi connectivity index (χ1v) is 11.2. The van der Waals surface area contributed by atoms with Crippen molar-refractivity contribution in [3.63, 3.8) is 0 Å². The second kappa shape index (κ2) is 9.13. The lowest BCUT2D eigenvalue weighted by Crippen LogP contribution is -2.53. The van der Waals surface area contributed by atoms with Crippen LogP contribution in [0.3, 0.4) is 0 Å². The minimum absolute atomic E-state index is 0.0751. The van der Waals surface area contributed by atoms with Gasteiger partial charge in [-0.1, -0.05) is 24.3 Å². The fourth-order valence-electron chi connectivity index (χ4n) is 4.57. The Morgan fingerprint density at radius 3 is 2.88 bits per heavy atom. The summed E-state index contributed by atoms with van der Waals surface area (Å²) in [6, 6.07) is 13.0. The number of aliphatic imine (C=N–C) groups is 1. The number of ether oxygens (including phenoxy) is 2. The zero-order valence-electron chi connectivity index (χ0n) is 18.7. The van der Waals surface area contributed by atoms with E-state index in [0.717, 1.165) is 25.0 Å². The minimum Gasteiger partial charge on any atom is -0.497 e. The summed E-state index contributed by atoms with van der Waals surface area (Å²) in [6.45, 7) is 0.865. The zero-order valence-corrected chi connectivity index (χ0v) is 18.7. The van der Waals surface area contributed by atoms with E-state index in [1.165, 1.54) is 12.1 Å². The third kappa shape index (κ3) is 4.07. The Morgan fingerprint density at radius 2 is 2.06 bits per heavy atom. The van der Waals surface area contributed by atoms with E-state index in [9.17, 15) is 14.0 Å². The molecule has 1 saturated heterocycles. The van der Waals surface area contributed by atoms with Crippen molar-refractivity contribution in [3.05, 3.63) is 89.1 Å². The largest absolute Gasteiger partial charge is 0.497 e. The molecule has 1 fully saturated rings. The van der Waals surface area contributed by atoms with Crippen LogP contribution >= 0.6 is 0 Å². The molecule has 1 amide bonds. The molecule has 0 bridgehead atoms. The lowest BCUT2D eigenvalue weighted by Gasteiger charge is -2.45. The molecule has 0 saturated carbocycles. The second-order valence-electron chi connectivity index (χ2n) is 8.30. The Kier molecular flexibility index (Phi) is 5.88. The first-order valence-electron chi connectivity index (χ1n) is 11.2. The molecule has 7 nitrogen and oxygen atoms in total. The van der Waals surface area contributed by atoms with Gasteiger partial charge in [0.25, 0.3) is 5.91 Å². The summed E-state index contributed by atoms with van der Waals surface area (Å²) in [5.41, 5.74) is 1.83. The third-order valence-electron chi connectivity index (χ3n) is 6.25. The standard InChI is InChI=1S/C26H24FN3O4/c1-33-18-8-6-7-17(15-18)24-28-21(26(32)34-24)16-29-13-14-30(23-12-5-4-11-22(23)29)25(31)19-9-2-3-10-20(19)27/h2-3,6-11,15-16,23H,4-5,12-14H2,1H3. The van der Waals surface area contributed by atoms with Crippen molar-refractivity contribution < 1.29 is 23.5 Å². The van der Waals surface area contributed by atoms with Gasteiger partial charge in [0.2, 0.25) is 5.90 Å². The molecule has 1 unspecified atom stereocenters. The molecule has 2 aromatic rings. The average molecular weight is 461 g/mol. The predicted octanol–water partition coefficient (Wildman–Crippen LogP) is 3.87. The number of carbonyl (C=O) groups is 2. The molecule has 34 heavy (non-hydrogen) atoms. The molecule has 8 heteroatoms. The van der Waals surface area contributed by atoms with E-state index >= 15 is 0 Å². The van der Waals surface area contributed by atoms with E-state index < -0.39 is 11.8 Å². The quantitative estimate of drug-likeness (QED) is 0.511. The van der Waals surface area contributed by atoms with Crippen LogP contribution in [0.4, 0.5) is 4.39 Å². The van der Waals surface area contributed by atoms with Crippen molar-refractivity contribution >= 4 is 17.8 Å². The summed E-state index contributed by atoms with van der Waals surface area (Å²) in [6.07, 6.45) is 6.34. The molecule has 0 aromatic heterocycles. The highest BCUT2D eigenvalue weighted by Crippen LogP contribution is 2.32. The van der Waals surface area contributed by atoms with Gasteiger partial charge >= 0.3 is 5.97 Å². The number of piperazine rings is 1. The molecule has 174 valence electrons. The SMILES string of the molecule is COc1cccc(C2=NC(=CN3CCN(C(=O)c4ccccc4F)C4CCCC=C43)C(=O)O2)c1. The van der Waals surface area contributed by atoms with Crippen LogP contribution in [-0.4, -0.2) is 53.8 Å². The van der Waals surface area contributed by atoms with Gasteiger partial charge < -0.3 is 19.3 Å². The van der Waals surface area contributed by atoms with E-state index in [0.29, 0.717) is 24.4 Å². The number of hydrogen-bond donors (Lipinski definition) is 0. The number of hydrogen-bond acceptors (Lipinski definition) is 6. The minimum atomic E-state index is -0.532. The van der Waals surface area contributed by atoms with Crippen LogP contribution < -0.4 is 4.74 Å². The van der Waals surface area contributed by atoms with Crippen LogP contribution in [0.5, 0.6) is 5.75 Å².